The highest BCUT2D eigenvalue weighted by molar-refractivity contribution is 5.68. The molecule has 0 saturated carbocycles. The van der Waals surface area contributed by atoms with Gasteiger partial charge >= 0.3 is 6.09 Å². The second kappa shape index (κ2) is 5.04. The summed E-state index contributed by atoms with van der Waals surface area (Å²) in [4.78, 5) is 10.9. The molecule has 3 heteroatoms. The summed E-state index contributed by atoms with van der Waals surface area (Å²) in [6, 6.07) is 5.84. The number of carbonyl (C=O) groups excluding carboxylic acids is 1. The lowest BCUT2D eigenvalue weighted by Crippen LogP contribution is -2.18. The van der Waals surface area contributed by atoms with Crippen LogP contribution in [0, 0.1) is 0 Å². The predicted molar refractivity (Wildman–Crippen MR) is 69.3 cm³/mol. The van der Waals surface area contributed by atoms with Gasteiger partial charge < -0.3 is 10.5 Å². The van der Waals surface area contributed by atoms with Crippen molar-refractivity contribution in [3.05, 3.63) is 42.0 Å². The molecule has 1 aromatic carbocycles. The van der Waals surface area contributed by atoms with Gasteiger partial charge in [0.25, 0.3) is 0 Å². The minimum Gasteiger partial charge on any atom is -0.410 e. The van der Waals surface area contributed by atoms with Crippen molar-refractivity contribution in [2.45, 2.75) is 32.6 Å². The Labute approximate surface area is 102 Å². The smallest absolute Gasteiger partial charge is 0.409 e. The molecule has 0 aromatic heterocycles. The lowest BCUT2D eigenvalue weighted by atomic mass is 9.86. The Morgan fingerprint density at radius 2 is 2.12 bits per heavy atom. The topological polar surface area (TPSA) is 52.3 Å². The van der Waals surface area contributed by atoms with E-state index in [2.05, 4.69) is 27.4 Å². The molecule has 3 nitrogen and oxygen atoms in total. The molecule has 2 N–H and O–H groups in total. The molecule has 0 aliphatic rings. The Hall–Kier alpha value is -1.77. The van der Waals surface area contributed by atoms with Crippen molar-refractivity contribution < 1.29 is 9.53 Å². The van der Waals surface area contributed by atoms with E-state index in [1.807, 2.05) is 18.2 Å². The van der Waals surface area contributed by atoms with Crippen molar-refractivity contribution >= 4 is 6.09 Å². The first-order valence-corrected chi connectivity index (χ1v) is 5.56. The van der Waals surface area contributed by atoms with Crippen LogP contribution >= 0.6 is 0 Å². The summed E-state index contributed by atoms with van der Waals surface area (Å²) in [5.41, 5.74) is 7.07. The number of rotatable bonds is 3. The van der Waals surface area contributed by atoms with Gasteiger partial charge in [-0.05, 0) is 29.0 Å². The maximum absolute atomic E-state index is 10.9. The summed E-state index contributed by atoms with van der Waals surface area (Å²) >= 11 is 0. The molecule has 0 unspecified atom stereocenters. The van der Waals surface area contributed by atoms with Crippen molar-refractivity contribution in [2.75, 3.05) is 0 Å². The van der Waals surface area contributed by atoms with Gasteiger partial charge in [-0.25, -0.2) is 4.79 Å². The molecule has 92 valence electrons. The van der Waals surface area contributed by atoms with Crippen molar-refractivity contribution in [1.29, 1.82) is 0 Å². The summed E-state index contributed by atoms with van der Waals surface area (Å²) in [5, 5.41) is 0. The Kier molecular flexibility index (Phi) is 3.94. The molecule has 0 heterocycles. The van der Waals surface area contributed by atoms with E-state index in [4.69, 9.17) is 10.5 Å². The zero-order chi connectivity index (χ0) is 13.1. The predicted octanol–water partition coefficient (Wildman–Crippen LogP) is 3.17. The quantitative estimate of drug-likeness (QED) is 0.815. The molecule has 0 radical (unpaired) electrons. The van der Waals surface area contributed by atoms with Gasteiger partial charge in [0.2, 0.25) is 0 Å². The molecule has 0 atom stereocenters. The first kappa shape index (κ1) is 13.3. The van der Waals surface area contributed by atoms with Gasteiger partial charge in [0.15, 0.2) is 0 Å². The van der Waals surface area contributed by atoms with E-state index in [1.165, 1.54) is 0 Å². The average Bonchev–Trinajstić information content (AvgIpc) is 2.18. The monoisotopic (exact) mass is 233 g/mol. The van der Waals surface area contributed by atoms with E-state index in [9.17, 15) is 4.79 Å². The van der Waals surface area contributed by atoms with Gasteiger partial charge in [-0.2, -0.15) is 0 Å². The van der Waals surface area contributed by atoms with Crippen LogP contribution in [0.3, 0.4) is 0 Å². The summed E-state index contributed by atoms with van der Waals surface area (Å²) in [6.45, 7) is 9.98. The van der Waals surface area contributed by atoms with Crippen LogP contribution < -0.4 is 10.5 Å². The van der Waals surface area contributed by atoms with Crippen molar-refractivity contribution in [2.24, 2.45) is 5.73 Å². The van der Waals surface area contributed by atoms with E-state index in [1.54, 1.807) is 6.08 Å². The lowest BCUT2D eigenvalue weighted by Gasteiger charge is -2.20. The number of ether oxygens (including phenoxy) is 1. The highest BCUT2D eigenvalue weighted by atomic mass is 16.5. The molecule has 0 fully saturated rings. The van der Waals surface area contributed by atoms with Crippen LogP contribution in [0.2, 0.25) is 0 Å². The van der Waals surface area contributed by atoms with Crippen LogP contribution in [-0.2, 0) is 11.8 Å². The molecule has 0 aliphatic carbocycles. The van der Waals surface area contributed by atoms with Gasteiger partial charge in [-0.3, -0.25) is 0 Å². The van der Waals surface area contributed by atoms with Gasteiger partial charge in [-0.15, -0.1) is 6.58 Å². The normalized spacial score (nSPS) is 11.0. The van der Waals surface area contributed by atoms with Gasteiger partial charge in [0.1, 0.15) is 5.75 Å². The summed E-state index contributed by atoms with van der Waals surface area (Å²) in [6.07, 6.45) is 1.62. The molecular weight excluding hydrogens is 214 g/mol. The third-order valence-corrected chi connectivity index (χ3v) is 2.51. The molecule has 1 amide bonds. The van der Waals surface area contributed by atoms with Crippen molar-refractivity contribution in [3.63, 3.8) is 0 Å². The molecule has 0 bridgehead atoms. The third-order valence-electron chi connectivity index (χ3n) is 2.51. The minimum absolute atomic E-state index is 0.00245. The summed E-state index contributed by atoms with van der Waals surface area (Å²) in [7, 11) is 0. The van der Waals surface area contributed by atoms with Crippen LogP contribution in [0.15, 0.2) is 30.9 Å². The Bertz CT molecular complexity index is 430. The fourth-order valence-corrected chi connectivity index (χ4v) is 1.55. The van der Waals surface area contributed by atoms with Gasteiger partial charge in [0.05, 0.1) is 0 Å². The Morgan fingerprint density at radius 1 is 1.47 bits per heavy atom. The number of nitrogens with two attached hydrogens (primary N) is 1. The minimum atomic E-state index is -0.790. The standard InChI is InChI=1S/C14H19NO2/c1-5-6-10-7-8-11(14(2,3)4)9-12(10)17-13(15)16/h5,7-9H,1,6H2,2-4H3,(H2,15,16). The van der Waals surface area contributed by atoms with Gasteiger partial charge in [-0.1, -0.05) is 39.0 Å². The van der Waals surface area contributed by atoms with Crippen LogP contribution in [0.25, 0.3) is 0 Å². The molecule has 0 aliphatic heterocycles. The highest BCUT2D eigenvalue weighted by Crippen LogP contribution is 2.29. The number of allylic oxidation sites excluding steroid dienone is 1. The Morgan fingerprint density at radius 3 is 2.59 bits per heavy atom. The maximum Gasteiger partial charge on any atom is 0.409 e. The van der Waals surface area contributed by atoms with Crippen molar-refractivity contribution in [3.8, 4) is 5.75 Å². The van der Waals surface area contributed by atoms with E-state index in [0.717, 1.165) is 11.1 Å². The van der Waals surface area contributed by atoms with Crippen LogP contribution in [0.5, 0.6) is 5.75 Å². The maximum atomic E-state index is 10.9. The third kappa shape index (κ3) is 3.63. The number of benzene rings is 1. The number of amides is 1. The van der Waals surface area contributed by atoms with Crippen LogP contribution in [0.4, 0.5) is 4.79 Å². The zero-order valence-corrected chi connectivity index (χ0v) is 10.6. The largest absolute Gasteiger partial charge is 0.410 e. The average molecular weight is 233 g/mol. The molecule has 1 aromatic rings. The first-order chi connectivity index (χ1) is 7.84. The summed E-state index contributed by atoms with van der Waals surface area (Å²) in [5.74, 6) is 0.518. The number of carbonyl (C=O) groups is 1. The zero-order valence-electron chi connectivity index (χ0n) is 10.6. The molecule has 0 spiro atoms. The summed E-state index contributed by atoms with van der Waals surface area (Å²) < 4.78 is 5.02. The molecular formula is C14H19NO2. The second-order valence-corrected chi connectivity index (χ2v) is 4.99. The molecule has 0 saturated heterocycles. The Balaban J connectivity index is 3.18. The van der Waals surface area contributed by atoms with Crippen LogP contribution in [0.1, 0.15) is 31.9 Å². The van der Waals surface area contributed by atoms with Crippen LogP contribution in [-0.4, -0.2) is 6.09 Å². The van der Waals surface area contributed by atoms with Crippen molar-refractivity contribution in [1.82, 2.24) is 0 Å². The van der Waals surface area contributed by atoms with E-state index >= 15 is 0 Å². The lowest BCUT2D eigenvalue weighted by molar-refractivity contribution is 0.210. The molecule has 17 heavy (non-hydrogen) atoms. The van der Waals surface area contributed by atoms with E-state index in [-0.39, 0.29) is 5.41 Å². The number of hydrogen-bond acceptors (Lipinski definition) is 2. The first-order valence-electron chi connectivity index (χ1n) is 5.56. The highest BCUT2D eigenvalue weighted by Gasteiger charge is 2.16. The number of primary amides is 1. The fourth-order valence-electron chi connectivity index (χ4n) is 1.55. The molecule has 1 rings (SSSR count). The number of hydrogen-bond donors (Lipinski definition) is 1. The van der Waals surface area contributed by atoms with E-state index < -0.39 is 6.09 Å². The second-order valence-electron chi connectivity index (χ2n) is 4.99. The van der Waals surface area contributed by atoms with Gasteiger partial charge in [0, 0.05) is 0 Å². The fraction of sp³-hybridized carbons (Fsp3) is 0.357. The van der Waals surface area contributed by atoms with E-state index in [0.29, 0.717) is 12.2 Å². The SMILES string of the molecule is C=CCc1ccc(C(C)(C)C)cc1OC(N)=O.